The highest BCUT2D eigenvalue weighted by Gasteiger charge is 2.41. The molecule has 0 saturated carbocycles. The number of amidine groups is 2. The summed E-state index contributed by atoms with van der Waals surface area (Å²) in [6.45, 7) is 0.714. The first-order valence-corrected chi connectivity index (χ1v) is 14.4. The van der Waals surface area contributed by atoms with E-state index >= 15 is 0 Å². The Balaban J connectivity index is 1.17. The average molecular weight is 590 g/mol. The lowest BCUT2D eigenvalue weighted by Gasteiger charge is -2.25. The van der Waals surface area contributed by atoms with Crippen LogP contribution in [0.5, 0.6) is 11.5 Å². The zero-order valence-corrected chi connectivity index (χ0v) is 24.1. The van der Waals surface area contributed by atoms with Crippen LogP contribution in [0.3, 0.4) is 0 Å². The molecule has 0 aliphatic carbocycles. The average Bonchev–Trinajstić information content (AvgIpc) is 3.65. The van der Waals surface area contributed by atoms with E-state index in [4.69, 9.17) is 13.9 Å². The molecule has 0 unspecified atom stereocenters. The number of nitrogens with zero attached hydrogens (tertiary/aromatic N) is 3. The van der Waals surface area contributed by atoms with Gasteiger partial charge in [0.1, 0.15) is 17.6 Å². The van der Waals surface area contributed by atoms with Crippen LogP contribution in [-0.2, 0) is 27.3 Å². The van der Waals surface area contributed by atoms with E-state index in [1.807, 2.05) is 42.5 Å². The van der Waals surface area contributed by atoms with Crippen molar-refractivity contribution >= 4 is 46.2 Å². The summed E-state index contributed by atoms with van der Waals surface area (Å²) < 4.78 is 15.8. The normalized spacial score (nSPS) is 15.3. The van der Waals surface area contributed by atoms with Crippen molar-refractivity contribution in [3.05, 3.63) is 77.7 Å². The first-order valence-electron chi connectivity index (χ1n) is 13.5. The van der Waals surface area contributed by atoms with Crippen molar-refractivity contribution < 1.29 is 28.3 Å². The quantitative estimate of drug-likeness (QED) is 0.330. The second kappa shape index (κ2) is 13.4. The summed E-state index contributed by atoms with van der Waals surface area (Å²) >= 11 is 1.18. The minimum atomic E-state index is -0.721. The smallest absolute Gasteiger partial charge is 0.259 e. The number of methoxy groups -OCH3 is 2. The number of carbonyl (C=O) groups is 3. The maximum atomic E-state index is 13.4. The zero-order valence-electron chi connectivity index (χ0n) is 23.3. The van der Waals surface area contributed by atoms with Crippen molar-refractivity contribution in [2.45, 2.75) is 31.8 Å². The summed E-state index contributed by atoms with van der Waals surface area (Å²) in [5.41, 5.74) is 2.41. The summed E-state index contributed by atoms with van der Waals surface area (Å²) in [5, 5.41) is 6.10. The Kier molecular flexibility index (Phi) is 9.22. The van der Waals surface area contributed by atoms with Gasteiger partial charge in [-0.25, -0.2) is 9.89 Å². The van der Waals surface area contributed by atoms with Gasteiger partial charge in [0.25, 0.3) is 5.91 Å². The number of para-hydroxylation sites is 1. The molecule has 2 N–H and O–H groups in total. The molecular formula is C30H31N5O6S. The molecule has 2 aromatic carbocycles. The van der Waals surface area contributed by atoms with E-state index in [1.54, 1.807) is 32.6 Å². The predicted molar refractivity (Wildman–Crippen MR) is 159 cm³/mol. The van der Waals surface area contributed by atoms with Gasteiger partial charge < -0.3 is 24.5 Å². The Labute approximate surface area is 247 Å². The second-order valence-corrected chi connectivity index (χ2v) is 10.5. The Bertz CT molecular complexity index is 1520. The SMILES string of the molecule is COc1ccc(CCNC(=O)CSC2=Nc3ccccc3C3=N[C@H](CCC(=O)NCc4ccco4)C(=O)N23)cc1OC. The van der Waals surface area contributed by atoms with Gasteiger partial charge in [0.05, 0.1) is 38.5 Å². The maximum absolute atomic E-state index is 13.4. The molecule has 2 aliphatic heterocycles. The first kappa shape index (κ1) is 28.9. The molecule has 218 valence electrons. The first-order chi connectivity index (χ1) is 20.5. The molecule has 3 heterocycles. The molecular weight excluding hydrogens is 558 g/mol. The molecule has 12 heteroatoms. The number of rotatable bonds is 12. The summed E-state index contributed by atoms with van der Waals surface area (Å²) in [7, 11) is 3.16. The number of aliphatic imine (C=N–C) groups is 2. The second-order valence-electron chi connectivity index (χ2n) is 9.53. The summed E-state index contributed by atoms with van der Waals surface area (Å²) in [6.07, 6.45) is 2.54. The van der Waals surface area contributed by atoms with Crippen LogP contribution in [0.15, 0.2) is 75.3 Å². The van der Waals surface area contributed by atoms with Gasteiger partial charge in [-0.15, -0.1) is 0 Å². The Hall–Kier alpha value is -4.58. The molecule has 0 bridgehead atoms. The molecule has 11 nitrogen and oxygen atoms in total. The molecule has 5 rings (SSSR count). The third kappa shape index (κ3) is 6.65. The number of fused-ring (bicyclic) bond motifs is 3. The van der Waals surface area contributed by atoms with E-state index < -0.39 is 6.04 Å². The van der Waals surface area contributed by atoms with Crippen molar-refractivity contribution in [1.29, 1.82) is 0 Å². The third-order valence-corrected chi connectivity index (χ3v) is 7.69. The number of ether oxygens (including phenoxy) is 2. The maximum Gasteiger partial charge on any atom is 0.259 e. The van der Waals surface area contributed by atoms with Crippen LogP contribution in [-0.4, -0.2) is 66.2 Å². The molecule has 0 spiro atoms. The Morgan fingerprint density at radius 2 is 1.86 bits per heavy atom. The van der Waals surface area contributed by atoms with Gasteiger partial charge >= 0.3 is 0 Å². The molecule has 1 aromatic heterocycles. The molecule has 1 atom stereocenters. The van der Waals surface area contributed by atoms with Crippen LogP contribution < -0.4 is 20.1 Å². The highest BCUT2D eigenvalue weighted by molar-refractivity contribution is 8.14. The number of furan rings is 1. The number of nitrogens with one attached hydrogen (secondary N) is 2. The van der Waals surface area contributed by atoms with Gasteiger partial charge in [-0.3, -0.25) is 19.4 Å². The fourth-order valence-corrected chi connectivity index (χ4v) is 5.44. The third-order valence-electron chi connectivity index (χ3n) is 6.75. The number of benzene rings is 2. The lowest BCUT2D eigenvalue weighted by Crippen LogP contribution is -2.42. The molecule has 0 radical (unpaired) electrons. The van der Waals surface area contributed by atoms with Crippen LogP contribution in [0, 0.1) is 0 Å². The fourth-order valence-electron chi connectivity index (χ4n) is 4.61. The van der Waals surface area contributed by atoms with Crippen molar-refractivity contribution in [1.82, 2.24) is 15.5 Å². The lowest BCUT2D eigenvalue weighted by molar-refractivity contribution is -0.125. The highest BCUT2D eigenvalue weighted by Crippen LogP contribution is 2.34. The minimum absolute atomic E-state index is 0.0733. The van der Waals surface area contributed by atoms with Crippen LogP contribution in [0.4, 0.5) is 5.69 Å². The molecule has 0 fully saturated rings. The largest absolute Gasteiger partial charge is 0.493 e. The van der Waals surface area contributed by atoms with E-state index in [2.05, 4.69) is 20.6 Å². The van der Waals surface area contributed by atoms with Crippen LogP contribution in [0.25, 0.3) is 0 Å². The predicted octanol–water partition coefficient (Wildman–Crippen LogP) is 3.44. The molecule has 2 aliphatic rings. The van der Waals surface area contributed by atoms with Crippen LogP contribution >= 0.6 is 11.8 Å². The van der Waals surface area contributed by atoms with E-state index in [0.29, 0.717) is 46.9 Å². The molecule has 3 amide bonds. The van der Waals surface area contributed by atoms with Crippen molar-refractivity contribution in [3.8, 4) is 11.5 Å². The number of thioether (sulfide) groups is 1. The summed E-state index contributed by atoms with van der Waals surface area (Å²) in [4.78, 5) is 49.3. The van der Waals surface area contributed by atoms with Gasteiger partial charge in [-0.1, -0.05) is 30.0 Å². The van der Waals surface area contributed by atoms with Crippen LogP contribution in [0.1, 0.15) is 29.7 Å². The van der Waals surface area contributed by atoms with Gasteiger partial charge in [-0.2, -0.15) is 0 Å². The topological polar surface area (TPSA) is 135 Å². The number of amides is 3. The van der Waals surface area contributed by atoms with Gasteiger partial charge in [0, 0.05) is 18.5 Å². The van der Waals surface area contributed by atoms with E-state index in [-0.39, 0.29) is 42.9 Å². The summed E-state index contributed by atoms with van der Waals surface area (Å²) in [6, 6.07) is 15.9. The van der Waals surface area contributed by atoms with Gasteiger partial charge in [0.15, 0.2) is 16.7 Å². The van der Waals surface area contributed by atoms with E-state index in [9.17, 15) is 14.4 Å². The van der Waals surface area contributed by atoms with Gasteiger partial charge in [-0.05, 0) is 54.8 Å². The Morgan fingerprint density at radius 1 is 1.02 bits per heavy atom. The summed E-state index contributed by atoms with van der Waals surface area (Å²) in [5.74, 6) is 1.84. The molecule has 3 aromatic rings. The van der Waals surface area contributed by atoms with E-state index in [0.717, 1.165) is 11.1 Å². The monoisotopic (exact) mass is 589 g/mol. The van der Waals surface area contributed by atoms with E-state index in [1.165, 1.54) is 16.7 Å². The van der Waals surface area contributed by atoms with Crippen molar-refractivity contribution in [2.24, 2.45) is 9.98 Å². The van der Waals surface area contributed by atoms with Crippen LogP contribution in [0.2, 0.25) is 0 Å². The fraction of sp³-hybridized carbons (Fsp3) is 0.300. The Morgan fingerprint density at radius 3 is 2.64 bits per heavy atom. The number of hydrogen-bond acceptors (Lipinski definition) is 9. The zero-order chi connectivity index (χ0) is 29.5. The lowest BCUT2D eigenvalue weighted by atomic mass is 10.1. The molecule has 42 heavy (non-hydrogen) atoms. The highest BCUT2D eigenvalue weighted by atomic mass is 32.2. The number of hydrogen-bond donors (Lipinski definition) is 2. The van der Waals surface area contributed by atoms with Crippen molar-refractivity contribution in [3.63, 3.8) is 0 Å². The number of carbonyl (C=O) groups excluding carboxylic acids is 3. The minimum Gasteiger partial charge on any atom is -0.493 e. The molecule has 0 saturated heterocycles. The van der Waals surface area contributed by atoms with Crippen molar-refractivity contribution in [2.75, 3.05) is 26.5 Å². The standard InChI is InChI=1S/C30H31N5O6S/c1-39-24-11-9-19(16-25(24)40-2)13-14-31-27(37)18-42-30-34-22-8-4-3-7-21(22)28-33-23(29(38)35(28)30)10-12-26(36)32-17-20-6-5-15-41-20/h3-9,11,15-16,23H,10,12-14,17-18H2,1-2H3,(H,31,37)(H,32,36)/t23-/m1/s1. The van der Waals surface area contributed by atoms with Gasteiger partial charge in [0.2, 0.25) is 11.8 Å².